The standard InChI is InChI=1S/C35H39F2N7O6/c1-23-9-2-3-11-26(23)48-21-8-22-49-33-40-28-29(30(45)41-33)43(20-15-24-13-16-35(36,37)17-14-24)34(47)44(32(28)46)19-7-5-12-27-39-31(50-42-27)25-10-4-6-18-38-25/h2-4,6,9-11,18,24H,5,7-8,12-17,19-22H2,1H3,(H,40,41,45). The summed E-state index contributed by atoms with van der Waals surface area (Å²) in [6.07, 6.45) is 4.09. The fourth-order valence-electron chi connectivity index (χ4n) is 6.11. The van der Waals surface area contributed by atoms with Crippen molar-refractivity contribution in [2.75, 3.05) is 13.2 Å². The van der Waals surface area contributed by atoms with Gasteiger partial charge in [-0.3, -0.25) is 28.7 Å². The Morgan fingerprint density at radius 3 is 2.50 bits per heavy atom. The quantitative estimate of drug-likeness (QED) is 0.147. The van der Waals surface area contributed by atoms with E-state index in [1.165, 1.54) is 4.57 Å². The first-order valence-corrected chi connectivity index (χ1v) is 16.9. The Balaban J connectivity index is 1.18. The van der Waals surface area contributed by atoms with Crippen molar-refractivity contribution in [1.29, 1.82) is 0 Å². The maximum Gasteiger partial charge on any atom is 0.331 e. The molecular weight excluding hydrogens is 652 g/mol. The third-order valence-electron chi connectivity index (χ3n) is 8.91. The first-order chi connectivity index (χ1) is 24.2. The van der Waals surface area contributed by atoms with Crippen molar-refractivity contribution < 1.29 is 22.8 Å². The lowest BCUT2D eigenvalue weighted by molar-refractivity contribution is -0.0468. The van der Waals surface area contributed by atoms with E-state index in [2.05, 4.69) is 25.1 Å². The molecular formula is C35H39F2N7O6. The van der Waals surface area contributed by atoms with Gasteiger partial charge in [-0.2, -0.15) is 9.97 Å². The van der Waals surface area contributed by atoms with Crippen molar-refractivity contribution in [3.8, 4) is 23.3 Å². The number of fused-ring (bicyclic) bond motifs is 1. The van der Waals surface area contributed by atoms with E-state index in [0.717, 1.165) is 15.9 Å². The highest BCUT2D eigenvalue weighted by atomic mass is 19.3. The molecule has 0 aliphatic heterocycles. The molecule has 13 nitrogen and oxygen atoms in total. The lowest BCUT2D eigenvalue weighted by atomic mass is 9.85. The van der Waals surface area contributed by atoms with E-state index in [1.54, 1.807) is 18.3 Å². The molecule has 50 heavy (non-hydrogen) atoms. The summed E-state index contributed by atoms with van der Waals surface area (Å²) in [6.45, 7) is 2.58. The molecule has 1 fully saturated rings. The minimum atomic E-state index is -2.68. The third kappa shape index (κ3) is 8.32. The van der Waals surface area contributed by atoms with Crippen molar-refractivity contribution in [2.45, 2.75) is 83.7 Å². The number of para-hydroxylation sites is 1. The Bertz CT molecular complexity index is 2080. The van der Waals surface area contributed by atoms with E-state index in [9.17, 15) is 23.2 Å². The summed E-state index contributed by atoms with van der Waals surface area (Å²) in [7, 11) is 0. The van der Waals surface area contributed by atoms with Crippen LogP contribution in [0.15, 0.2) is 67.6 Å². The number of hydrogen-bond donors (Lipinski definition) is 1. The fraction of sp³-hybridized carbons (Fsp3) is 0.457. The third-order valence-corrected chi connectivity index (χ3v) is 8.91. The molecule has 0 bridgehead atoms. The average Bonchev–Trinajstić information content (AvgIpc) is 3.59. The van der Waals surface area contributed by atoms with Crippen LogP contribution < -0.4 is 26.3 Å². The predicted molar refractivity (Wildman–Crippen MR) is 180 cm³/mol. The highest BCUT2D eigenvalue weighted by molar-refractivity contribution is 5.72. The molecule has 0 atom stereocenters. The highest BCUT2D eigenvalue weighted by Gasteiger charge is 2.34. The van der Waals surface area contributed by atoms with Gasteiger partial charge < -0.3 is 14.0 Å². The molecule has 0 amide bonds. The van der Waals surface area contributed by atoms with E-state index in [4.69, 9.17) is 14.0 Å². The summed E-state index contributed by atoms with van der Waals surface area (Å²) in [6, 6.07) is 12.8. The number of rotatable bonds is 15. The fourth-order valence-corrected chi connectivity index (χ4v) is 6.11. The minimum absolute atomic E-state index is 0.0422. The number of nitrogens with zero attached hydrogens (tertiary/aromatic N) is 6. The molecule has 0 radical (unpaired) electrons. The number of aromatic nitrogens is 7. The van der Waals surface area contributed by atoms with Crippen LogP contribution in [0.1, 0.15) is 62.8 Å². The summed E-state index contributed by atoms with van der Waals surface area (Å²) in [5.74, 6) is -1.20. The Hall–Kier alpha value is -5.21. The Morgan fingerprint density at radius 2 is 1.72 bits per heavy atom. The van der Waals surface area contributed by atoms with Gasteiger partial charge in [0.25, 0.3) is 23.0 Å². The molecule has 1 aromatic carbocycles. The highest BCUT2D eigenvalue weighted by Crippen LogP contribution is 2.37. The number of halogens is 2. The largest absolute Gasteiger partial charge is 0.493 e. The van der Waals surface area contributed by atoms with Gasteiger partial charge in [-0.1, -0.05) is 29.4 Å². The second-order valence-corrected chi connectivity index (χ2v) is 12.6. The number of alkyl halides is 2. The number of pyridine rings is 1. The Kier molecular flexibility index (Phi) is 10.8. The first-order valence-electron chi connectivity index (χ1n) is 16.9. The second kappa shape index (κ2) is 15.6. The molecule has 5 aromatic rings. The van der Waals surface area contributed by atoms with Gasteiger partial charge in [-0.25, -0.2) is 13.6 Å². The van der Waals surface area contributed by atoms with Crippen LogP contribution in [0.25, 0.3) is 22.6 Å². The van der Waals surface area contributed by atoms with Crippen LogP contribution in [-0.4, -0.2) is 53.4 Å². The summed E-state index contributed by atoms with van der Waals surface area (Å²) >= 11 is 0. The summed E-state index contributed by atoms with van der Waals surface area (Å²) in [4.78, 5) is 56.3. The van der Waals surface area contributed by atoms with Crippen LogP contribution in [0, 0.1) is 12.8 Å². The van der Waals surface area contributed by atoms with Crippen LogP contribution in [0.4, 0.5) is 8.78 Å². The van der Waals surface area contributed by atoms with Crippen molar-refractivity contribution in [1.82, 2.24) is 34.2 Å². The lowest BCUT2D eigenvalue weighted by Gasteiger charge is -2.28. The molecule has 1 aliphatic rings. The van der Waals surface area contributed by atoms with Crippen molar-refractivity contribution in [3.05, 3.63) is 91.2 Å². The topological polar surface area (TPSA) is 160 Å². The number of H-pyrrole nitrogens is 1. The number of hydrogen-bond acceptors (Lipinski definition) is 10. The van der Waals surface area contributed by atoms with E-state index in [1.807, 2.05) is 37.3 Å². The lowest BCUT2D eigenvalue weighted by Crippen LogP contribution is -2.43. The van der Waals surface area contributed by atoms with E-state index >= 15 is 0 Å². The molecule has 1 aliphatic carbocycles. The maximum absolute atomic E-state index is 13.8. The number of aryl methyl sites for hydroxylation is 3. The SMILES string of the molecule is Cc1ccccc1OCCCOc1nc2c(=O)n(CCCCc3noc(-c4ccccn4)n3)c(=O)n(CCC3CCC(F)(F)CC3)c2c(=O)[nH]1. The molecule has 15 heteroatoms. The summed E-state index contributed by atoms with van der Waals surface area (Å²) < 4.78 is 46.7. The zero-order valence-electron chi connectivity index (χ0n) is 27.8. The van der Waals surface area contributed by atoms with E-state index in [0.29, 0.717) is 69.0 Å². The van der Waals surface area contributed by atoms with Crippen molar-refractivity contribution in [2.24, 2.45) is 5.92 Å². The molecule has 1 saturated carbocycles. The summed E-state index contributed by atoms with van der Waals surface area (Å²) in [5, 5.41) is 4.00. The zero-order chi connectivity index (χ0) is 35.1. The van der Waals surface area contributed by atoms with E-state index < -0.39 is 22.7 Å². The normalized spacial score (nSPS) is 14.6. The number of nitrogens with one attached hydrogen (secondary N) is 1. The first kappa shape index (κ1) is 34.6. The van der Waals surface area contributed by atoms with Gasteiger partial charge in [-0.05, 0) is 68.7 Å². The monoisotopic (exact) mass is 691 g/mol. The minimum Gasteiger partial charge on any atom is -0.493 e. The molecule has 6 rings (SSSR count). The average molecular weight is 692 g/mol. The van der Waals surface area contributed by atoms with Crippen LogP contribution in [-0.2, 0) is 19.5 Å². The van der Waals surface area contributed by atoms with Gasteiger partial charge in [0.05, 0.1) is 13.2 Å². The molecule has 264 valence electrons. The van der Waals surface area contributed by atoms with Gasteiger partial charge in [0.15, 0.2) is 11.3 Å². The van der Waals surface area contributed by atoms with Crippen molar-refractivity contribution in [3.63, 3.8) is 0 Å². The van der Waals surface area contributed by atoms with Gasteiger partial charge in [0.1, 0.15) is 17.0 Å². The number of benzene rings is 1. The van der Waals surface area contributed by atoms with E-state index in [-0.39, 0.29) is 55.5 Å². The van der Waals surface area contributed by atoms with Crippen molar-refractivity contribution >= 4 is 11.0 Å². The Morgan fingerprint density at radius 1 is 0.940 bits per heavy atom. The molecule has 0 saturated heterocycles. The number of aromatic amines is 1. The second-order valence-electron chi connectivity index (χ2n) is 12.6. The van der Waals surface area contributed by atoms with Crippen LogP contribution >= 0.6 is 0 Å². The van der Waals surface area contributed by atoms with Crippen LogP contribution in [0.5, 0.6) is 11.8 Å². The molecule has 0 unspecified atom stereocenters. The van der Waals surface area contributed by atoms with Gasteiger partial charge in [0.2, 0.25) is 5.92 Å². The molecule has 1 N–H and O–H groups in total. The molecule has 0 spiro atoms. The van der Waals surface area contributed by atoms with Gasteiger partial charge in [-0.15, -0.1) is 0 Å². The Labute approximate surface area is 285 Å². The van der Waals surface area contributed by atoms with Gasteiger partial charge in [0, 0.05) is 45.0 Å². The smallest absolute Gasteiger partial charge is 0.331 e. The summed E-state index contributed by atoms with van der Waals surface area (Å²) in [5.41, 5.74) is -0.877. The number of ether oxygens (including phenoxy) is 2. The van der Waals surface area contributed by atoms with Crippen LogP contribution in [0.3, 0.4) is 0 Å². The maximum atomic E-state index is 13.8. The zero-order valence-corrected chi connectivity index (χ0v) is 27.8. The predicted octanol–water partition coefficient (Wildman–Crippen LogP) is 5.09. The van der Waals surface area contributed by atoms with Crippen LogP contribution in [0.2, 0.25) is 0 Å². The van der Waals surface area contributed by atoms with Gasteiger partial charge >= 0.3 is 5.69 Å². The number of unbranched alkanes of at least 4 members (excludes halogenated alkanes) is 1. The molecule has 4 aromatic heterocycles. The molecule has 4 heterocycles.